The van der Waals surface area contributed by atoms with Crippen LogP contribution in [-0.4, -0.2) is 30.0 Å². The molecule has 1 atom stereocenters. The third-order valence-corrected chi connectivity index (χ3v) is 3.58. The number of benzene rings is 2. The molecular formula is C18H16F2N2O6. The van der Waals surface area contributed by atoms with E-state index in [0.717, 1.165) is 6.07 Å². The lowest BCUT2D eigenvalue weighted by Gasteiger charge is -2.15. The van der Waals surface area contributed by atoms with Crippen LogP contribution in [0.3, 0.4) is 0 Å². The summed E-state index contributed by atoms with van der Waals surface area (Å²) in [6, 6.07) is 7.63. The van der Waals surface area contributed by atoms with Crippen molar-refractivity contribution in [2.75, 3.05) is 13.2 Å². The van der Waals surface area contributed by atoms with Crippen LogP contribution < -0.4 is 10.1 Å². The number of nitro groups is 1. The Hall–Kier alpha value is -3.56. The van der Waals surface area contributed by atoms with E-state index in [9.17, 15) is 28.5 Å². The average Bonchev–Trinajstić information content (AvgIpc) is 2.64. The highest BCUT2D eigenvalue weighted by Gasteiger charge is 2.17. The Morgan fingerprint density at radius 1 is 1.18 bits per heavy atom. The summed E-state index contributed by atoms with van der Waals surface area (Å²) in [5, 5.41) is 13.3. The summed E-state index contributed by atoms with van der Waals surface area (Å²) < 4.78 is 36.3. The monoisotopic (exact) mass is 394 g/mol. The third-order valence-electron chi connectivity index (χ3n) is 3.58. The number of carbonyl (C=O) groups is 2. The lowest BCUT2D eigenvalue weighted by molar-refractivity contribution is -0.385. The molecule has 0 saturated carbocycles. The van der Waals surface area contributed by atoms with E-state index in [1.54, 1.807) is 0 Å². The van der Waals surface area contributed by atoms with E-state index < -0.39 is 47.7 Å². The fourth-order valence-electron chi connectivity index (χ4n) is 2.27. The van der Waals surface area contributed by atoms with Crippen LogP contribution in [0.5, 0.6) is 5.75 Å². The topological polar surface area (TPSA) is 108 Å². The van der Waals surface area contributed by atoms with Gasteiger partial charge in [0.05, 0.1) is 11.0 Å². The summed E-state index contributed by atoms with van der Waals surface area (Å²) in [7, 11) is 0. The van der Waals surface area contributed by atoms with Crippen molar-refractivity contribution >= 4 is 17.6 Å². The number of nitro benzene ring substituents is 1. The van der Waals surface area contributed by atoms with Gasteiger partial charge in [0.2, 0.25) is 0 Å². The van der Waals surface area contributed by atoms with Crippen LogP contribution in [0.1, 0.15) is 18.5 Å². The highest BCUT2D eigenvalue weighted by atomic mass is 19.1. The second-order valence-corrected chi connectivity index (χ2v) is 5.63. The SMILES string of the molecule is C[C@H](NC(=O)COC(=O)COc1ccccc1[N+](=O)[O-])c1ccc(F)cc1F. The van der Waals surface area contributed by atoms with Gasteiger partial charge in [-0.05, 0) is 19.1 Å². The van der Waals surface area contributed by atoms with Gasteiger partial charge >= 0.3 is 11.7 Å². The largest absolute Gasteiger partial charge is 0.475 e. The first-order valence-electron chi connectivity index (χ1n) is 8.04. The molecule has 8 nitrogen and oxygen atoms in total. The first-order chi connectivity index (χ1) is 13.3. The molecule has 10 heteroatoms. The van der Waals surface area contributed by atoms with Crippen LogP contribution >= 0.6 is 0 Å². The molecular weight excluding hydrogens is 378 g/mol. The van der Waals surface area contributed by atoms with Gasteiger partial charge in [0.15, 0.2) is 19.0 Å². The molecule has 1 amide bonds. The van der Waals surface area contributed by atoms with Crippen LogP contribution in [0, 0.1) is 21.7 Å². The Morgan fingerprint density at radius 2 is 1.89 bits per heavy atom. The van der Waals surface area contributed by atoms with Gasteiger partial charge in [-0.3, -0.25) is 14.9 Å². The molecule has 0 aliphatic rings. The fraction of sp³-hybridized carbons (Fsp3) is 0.222. The molecule has 0 spiro atoms. The van der Waals surface area contributed by atoms with E-state index >= 15 is 0 Å². The highest BCUT2D eigenvalue weighted by Crippen LogP contribution is 2.25. The zero-order valence-electron chi connectivity index (χ0n) is 14.7. The Morgan fingerprint density at radius 3 is 2.57 bits per heavy atom. The van der Waals surface area contributed by atoms with Crippen LogP contribution in [0.4, 0.5) is 14.5 Å². The number of halogens is 2. The first kappa shape index (κ1) is 20.7. The minimum atomic E-state index is -0.922. The van der Waals surface area contributed by atoms with Crippen LogP contribution in [0.2, 0.25) is 0 Å². The number of hydrogen-bond acceptors (Lipinski definition) is 6. The summed E-state index contributed by atoms with van der Waals surface area (Å²) in [4.78, 5) is 33.7. The number of nitrogens with one attached hydrogen (secondary N) is 1. The normalized spacial score (nSPS) is 11.4. The number of amides is 1. The number of rotatable bonds is 8. The predicted molar refractivity (Wildman–Crippen MR) is 92.5 cm³/mol. The van der Waals surface area contributed by atoms with E-state index in [0.29, 0.717) is 6.07 Å². The molecule has 148 valence electrons. The molecule has 0 aromatic heterocycles. The Labute approximate surface area is 158 Å². The van der Waals surface area contributed by atoms with E-state index in [4.69, 9.17) is 9.47 Å². The van der Waals surface area contributed by atoms with Gasteiger partial charge in [-0.15, -0.1) is 0 Å². The van der Waals surface area contributed by atoms with Crippen LogP contribution in [0.15, 0.2) is 42.5 Å². The molecule has 2 aromatic carbocycles. The molecule has 0 fully saturated rings. The number of ether oxygens (including phenoxy) is 2. The lowest BCUT2D eigenvalue weighted by atomic mass is 10.1. The highest BCUT2D eigenvalue weighted by molar-refractivity contribution is 5.81. The van der Waals surface area contributed by atoms with Crippen molar-refractivity contribution in [1.29, 1.82) is 0 Å². The maximum absolute atomic E-state index is 13.7. The zero-order chi connectivity index (χ0) is 20.7. The minimum Gasteiger partial charge on any atom is -0.475 e. The summed E-state index contributed by atoms with van der Waals surface area (Å²) in [5.74, 6) is -3.31. The van der Waals surface area contributed by atoms with Gasteiger partial charge in [0, 0.05) is 17.7 Å². The van der Waals surface area contributed by atoms with Gasteiger partial charge in [-0.25, -0.2) is 13.6 Å². The van der Waals surface area contributed by atoms with Crippen LogP contribution in [0.25, 0.3) is 0 Å². The average molecular weight is 394 g/mol. The smallest absolute Gasteiger partial charge is 0.344 e. The molecule has 0 saturated heterocycles. The van der Waals surface area contributed by atoms with Crippen molar-refractivity contribution in [2.45, 2.75) is 13.0 Å². The lowest BCUT2D eigenvalue weighted by Crippen LogP contribution is -2.32. The maximum atomic E-state index is 13.7. The van der Waals surface area contributed by atoms with Crippen molar-refractivity contribution in [3.63, 3.8) is 0 Å². The van der Waals surface area contributed by atoms with Crippen molar-refractivity contribution in [1.82, 2.24) is 5.32 Å². The predicted octanol–water partition coefficient (Wildman–Crippen LogP) is 2.67. The summed E-state index contributed by atoms with van der Waals surface area (Å²) in [5.41, 5.74) is -0.246. The van der Waals surface area contributed by atoms with Crippen molar-refractivity contribution in [3.8, 4) is 5.75 Å². The number of carbonyl (C=O) groups excluding carboxylic acids is 2. The summed E-state index contributed by atoms with van der Waals surface area (Å²) in [6.45, 7) is 0.181. The number of nitrogens with zero attached hydrogens (tertiary/aromatic N) is 1. The molecule has 1 N–H and O–H groups in total. The molecule has 0 radical (unpaired) electrons. The Balaban J connectivity index is 1.81. The second kappa shape index (κ2) is 9.40. The molecule has 2 aromatic rings. The summed E-state index contributed by atoms with van der Waals surface area (Å²) >= 11 is 0. The van der Waals surface area contributed by atoms with Crippen molar-refractivity contribution in [2.24, 2.45) is 0 Å². The maximum Gasteiger partial charge on any atom is 0.344 e. The van der Waals surface area contributed by atoms with E-state index in [1.807, 2.05) is 0 Å². The number of para-hydroxylation sites is 2. The van der Waals surface area contributed by atoms with Crippen molar-refractivity contribution in [3.05, 3.63) is 69.8 Å². The van der Waals surface area contributed by atoms with Gasteiger partial charge in [-0.2, -0.15) is 0 Å². The van der Waals surface area contributed by atoms with Crippen molar-refractivity contribution < 1.29 is 32.8 Å². The van der Waals surface area contributed by atoms with Gasteiger partial charge in [0.25, 0.3) is 5.91 Å². The van der Waals surface area contributed by atoms with Crippen LogP contribution in [-0.2, 0) is 14.3 Å². The molecule has 28 heavy (non-hydrogen) atoms. The number of esters is 1. The Kier molecular flexibility index (Phi) is 6.96. The molecule has 0 heterocycles. The van der Waals surface area contributed by atoms with E-state index in [1.165, 1.54) is 37.3 Å². The molecule has 2 rings (SSSR count). The molecule has 0 aliphatic carbocycles. The zero-order valence-corrected chi connectivity index (χ0v) is 14.7. The molecule has 0 unspecified atom stereocenters. The second-order valence-electron chi connectivity index (χ2n) is 5.63. The quantitative estimate of drug-likeness (QED) is 0.419. The third kappa shape index (κ3) is 5.73. The van der Waals surface area contributed by atoms with Gasteiger partial charge in [0.1, 0.15) is 11.6 Å². The van der Waals surface area contributed by atoms with Gasteiger partial charge < -0.3 is 14.8 Å². The fourth-order valence-corrected chi connectivity index (χ4v) is 2.27. The van der Waals surface area contributed by atoms with Gasteiger partial charge in [-0.1, -0.05) is 18.2 Å². The summed E-state index contributed by atoms with van der Waals surface area (Å²) in [6.07, 6.45) is 0. The molecule has 0 bridgehead atoms. The van der Waals surface area contributed by atoms with E-state index in [-0.39, 0.29) is 17.0 Å². The molecule has 0 aliphatic heterocycles. The van der Waals surface area contributed by atoms with E-state index in [2.05, 4.69) is 5.32 Å². The minimum absolute atomic E-state index is 0.0702. The Bertz CT molecular complexity index is 890. The number of hydrogen-bond donors (Lipinski definition) is 1. The first-order valence-corrected chi connectivity index (χ1v) is 8.04. The standard InChI is InChI=1S/C18H16F2N2O6/c1-11(13-7-6-12(19)8-14(13)20)21-17(23)9-28-18(24)10-27-16-5-3-2-4-15(16)22(25)26/h2-8,11H,9-10H2,1H3,(H,21,23)/t11-/m0/s1.